The molecule has 0 bridgehead atoms. The summed E-state index contributed by atoms with van der Waals surface area (Å²) in [6.45, 7) is 2.14. The molecule has 2 rings (SSSR count). The summed E-state index contributed by atoms with van der Waals surface area (Å²) in [4.78, 5) is 15.4. The fourth-order valence-corrected chi connectivity index (χ4v) is 1.35. The average molecular weight is 283 g/mol. The van der Waals surface area contributed by atoms with Crippen molar-refractivity contribution in [2.24, 2.45) is 0 Å². The Kier molecular flexibility index (Phi) is 4.08. The van der Waals surface area contributed by atoms with E-state index in [1.165, 1.54) is 0 Å². The number of aromatic nitrogens is 3. The van der Waals surface area contributed by atoms with Crippen molar-refractivity contribution < 1.29 is 18.3 Å². The minimum Gasteiger partial charge on any atom is -0.463 e. The monoisotopic (exact) mass is 283 g/mol. The molecule has 106 valence electrons. The molecule has 7 nitrogen and oxygen atoms in total. The lowest BCUT2D eigenvalue weighted by atomic mass is 10.3. The minimum absolute atomic E-state index is 0.0356. The second kappa shape index (κ2) is 5.95. The maximum absolute atomic E-state index is 13.3. The van der Waals surface area contributed by atoms with Gasteiger partial charge in [0, 0.05) is 6.07 Å². The Labute approximate surface area is 112 Å². The van der Waals surface area contributed by atoms with Crippen molar-refractivity contribution in [1.29, 1.82) is 0 Å². The highest BCUT2D eigenvalue weighted by atomic mass is 19.1. The van der Waals surface area contributed by atoms with Gasteiger partial charge in [-0.1, -0.05) is 0 Å². The average Bonchev–Trinajstić information content (AvgIpc) is 2.81. The first-order chi connectivity index (χ1) is 9.58. The fourth-order valence-electron chi connectivity index (χ4n) is 1.35. The maximum Gasteiger partial charge on any atom is 0.337 e. The molecule has 0 aliphatic carbocycles. The lowest BCUT2D eigenvalue weighted by Crippen LogP contribution is -2.20. The van der Waals surface area contributed by atoms with Gasteiger partial charge in [-0.15, -0.1) is 5.10 Å². The summed E-state index contributed by atoms with van der Waals surface area (Å²) in [6.07, 6.45) is 0. The van der Waals surface area contributed by atoms with Crippen LogP contribution in [0.4, 0.5) is 25.2 Å². The molecule has 0 fully saturated rings. The van der Waals surface area contributed by atoms with Crippen molar-refractivity contribution in [2.45, 2.75) is 6.92 Å². The number of H-pyrrole nitrogens is 1. The van der Waals surface area contributed by atoms with Crippen molar-refractivity contribution in [3.8, 4) is 6.01 Å². The summed E-state index contributed by atoms with van der Waals surface area (Å²) in [7, 11) is 0. The van der Waals surface area contributed by atoms with Gasteiger partial charge in [-0.25, -0.2) is 18.7 Å². The fraction of sp³-hybridized carbons (Fsp3) is 0.182. The third-order valence-electron chi connectivity index (χ3n) is 2.15. The van der Waals surface area contributed by atoms with Gasteiger partial charge in [0.1, 0.15) is 11.6 Å². The van der Waals surface area contributed by atoms with E-state index < -0.39 is 17.7 Å². The van der Waals surface area contributed by atoms with Gasteiger partial charge >= 0.3 is 12.0 Å². The molecule has 0 aliphatic rings. The second-order valence-electron chi connectivity index (χ2n) is 3.60. The Morgan fingerprint density at radius 3 is 2.90 bits per heavy atom. The number of ether oxygens (including phenoxy) is 1. The number of hydrogen-bond acceptors (Lipinski definition) is 4. The minimum atomic E-state index is -0.882. The Morgan fingerprint density at radius 1 is 1.40 bits per heavy atom. The first kappa shape index (κ1) is 13.7. The van der Waals surface area contributed by atoms with Crippen molar-refractivity contribution in [3.63, 3.8) is 0 Å². The van der Waals surface area contributed by atoms with Crippen LogP contribution in [0.2, 0.25) is 0 Å². The number of nitrogens with one attached hydrogen (secondary N) is 3. The molecule has 0 atom stereocenters. The Morgan fingerprint density at radius 2 is 2.20 bits per heavy atom. The largest absolute Gasteiger partial charge is 0.463 e. The molecule has 3 N–H and O–H groups in total. The zero-order chi connectivity index (χ0) is 14.5. The first-order valence-electron chi connectivity index (χ1n) is 5.66. The highest BCUT2D eigenvalue weighted by Crippen LogP contribution is 2.15. The molecule has 0 unspecified atom stereocenters. The number of urea groups is 1. The summed E-state index contributed by atoms with van der Waals surface area (Å²) in [5.74, 6) is -1.58. The zero-order valence-corrected chi connectivity index (χ0v) is 10.4. The van der Waals surface area contributed by atoms with Crippen LogP contribution < -0.4 is 15.4 Å². The molecule has 0 spiro atoms. The molecular weight excluding hydrogens is 272 g/mol. The van der Waals surface area contributed by atoms with E-state index >= 15 is 0 Å². The molecule has 0 aliphatic heterocycles. The molecule has 2 amide bonds. The van der Waals surface area contributed by atoms with Crippen LogP contribution >= 0.6 is 0 Å². The number of rotatable bonds is 4. The van der Waals surface area contributed by atoms with Crippen LogP contribution in [-0.2, 0) is 0 Å². The topological polar surface area (TPSA) is 91.9 Å². The number of benzene rings is 1. The lowest BCUT2D eigenvalue weighted by molar-refractivity contribution is 0.262. The predicted octanol–water partition coefficient (Wildman–Crippen LogP) is 2.13. The maximum atomic E-state index is 13.3. The summed E-state index contributed by atoms with van der Waals surface area (Å²) < 4.78 is 31.0. The van der Waals surface area contributed by atoms with Gasteiger partial charge in [0.2, 0.25) is 5.95 Å². The number of carbonyl (C=O) groups excluding carboxylic acids is 1. The number of anilines is 2. The van der Waals surface area contributed by atoms with E-state index in [-0.39, 0.29) is 17.6 Å². The van der Waals surface area contributed by atoms with Gasteiger partial charge in [-0.2, -0.15) is 4.98 Å². The SMILES string of the molecule is CCOc1n[nH]c(NC(=O)Nc2ccc(F)cc2F)n1. The van der Waals surface area contributed by atoms with E-state index in [4.69, 9.17) is 4.74 Å². The second-order valence-corrected chi connectivity index (χ2v) is 3.60. The zero-order valence-electron chi connectivity index (χ0n) is 10.4. The van der Waals surface area contributed by atoms with Gasteiger partial charge in [0.05, 0.1) is 12.3 Å². The highest BCUT2D eigenvalue weighted by molar-refractivity contribution is 5.98. The standard InChI is InChI=1S/C11H11F2N5O2/c1-2-20-11-16-9(17-18-11)15-10(19)14-8-4-3-6(12)5-7(8)13/h3-5H,2H2,1H3,(H3,14,15,16,17,18,19). The quantitative estimate of drug-likeness (QED) is 0.801. The smallest absolute Gasteiger partial charge is 0.337 e. The molecule has 9 heteroatoms. The number of nitrogens with zero attached hydrogens (tertiary/aromatic N) is 2. The summed E-state index contributed by atoms with van der Waals surface area (Å²) in [5, 5.41) is 10.6. The van der Waals surface area contributed by atoms with E-state index in [1.807, 2.05) is 0 Å². The van der Waals surface area contributed by atoms with Crippen LogP contribution in [0, 0.1) is 11.6 Å². The van der Waals surface area contributed by atoms with Crippen molar-refractivity contribution >= 4 is 17.7 Å². The van der Waals surface area contributed by atoms with Crippen molar-refractivity contribution in [3.05, 3.63) is 29.8 Å². The molecule has 2 aromatic rings. The molecule has 0 saturated carbocycles. The van der Waals surface area contributed by atoms with Gasteiger partial charge in [-0.3, -0.25) is 5.32 Å². The molecule has 1 aromatic carbocycles. The molecular formula is C11H11F2N5O2. The first-order valence-corrected chi connectivity index (χ1v) is 5.66. The molecule has 0 saturated heterocycles. The molecule has 1 heterocycles. The third kappa shape index (κ3) is 3.40. The van der Waals surface area contributed by atoms with Gasteiger partial charge in [0.15, 0.2) is 0 Å². The number of halogens is 2. The summed E-state index contributed by atoms with van der Waals surface area (Å²) in [6, 6.07) is 2.12. The molecule has 0 radical (unpaired) electrons. The predicted molar refractivity (Wildman–Crippen MR) is 66.6 cm³/mol. The molecule has 20 heavy (non-hydrogen) atoms. The van der Waals surface area contributed by atoms with Crippen LogP contribution in [0.25, 0.3) is 0 Å². The third-order valence-corrected chi connectivity index (χ3v) is 2.15. The van der Waals surface area contributed by atoms with E-state index in [9.17, 15) is 13.6 Å². The lowest BCUT2D eigenvalue weighted by Gasteiger charge is -2.06. The summed E-state index contributed by atoms with van der Waals surface area (Å²) >= 11 is 0. The van der Waals surface area contributed by atoms with E-state index in [1.54, 1.807) is 6.92 Å². The summed E-state index contributed by atoms with van der Waals surface area (Å²) in [5.41, 5.74) is -0.159. The number of carbonyl (C=O) groups is 1. The van der Waals surface area contributed by atoms with Crippen LogP contribution in [0.1, 0.15) is 6.92 Å². The Balaban J connectivity index is 1.97. The number of aromatic amines is 1. The van der Waals surface area contributed by atoms with E-state index in [0.29, 0.717) is 12.7 Å². The van der Waals surface area contributed by atoms with E-state index in [2.05, 4.69) is 25.8 Å². The van der Waals surface area contributed by atoms with Crippen LogP contribution in [-0.4, -0.2) is 27.8 Å². The van der Waals surface area contributed by atoms with E-state index in [0.717, 1.165) is 12.1 Å². The normalized spacial score (nSPS) is 10.2. The highest BCUT2D eigenvalue weighted by Gasteiger charge is 2.10. The van der Waals surface area contributed by atoms with Crippen LogP contribution in [0.3, 0.4) is 0 Å². The van der Waals surface area contributed by atoms with Crippen molar-refractivity contribution in [1.82, 2.24) is 15.2 Å². The van der Waals surface area contributed by atoms with Gasteiger partial charge in [-0.05, 0) is 19.1 Å². The molecule has 1 aromatic heterocycles. The Hall–Kier alpha value is -2.71. The number of hydrogen-bond donors (Lipinski definition) is 3. The van der Waals surface area contributed by atoms with Crippen LogP contribution in [0.5, 0.6) is 6.01 Å². The van der Waals surface area contributed by atoms with Gasteiger partial charge in [0.25, 0.3) is 0 Å². The van der Waals surface area contributed by atoms with Crippen molar-refractivity contribution in [2.75, 3.05) is 17.2 Å². The van der Waals surface area contributed by atoms with Gasteiger partial charge < -0.3 is 10.1 Å². The van der Waals surface area contributed by atoms with Crippen LogP contribution in [0.15, 0.2) is 18.2 Å². The number of amides is 2. The Bertz CT molecular complexity index is 617.